The third kappa shape index (κ3) is 2.68. The number of pyridine rings is 1. The van der Waals surface area contributed by atoms with Crippen LogP contribution in [-0.2, 0) is 0 Å². The van der Waals surface area contributed by atoms with Gasteiger partial charge in [-0.25, -0.2) is 4.98 Å². The molecule has 0 saturated heterocycles. The molecule has 3 nitrogen and oxygen atoms in total. The molecule has 0 bridgehead atoms. The van der Waals surface area contributed by atoms with Crippen LogP contribution < -0.4 is 4.74 Å². The van der Waals surface area contributed by atoms with Gasteiger partial charge in [-0.3, -0.25) is 0 Å². The van der Waals surface area contributed by atoms with Crippen molar-refractivity contribution in [2.24, 2.45) is 0 Å². The normalized spacial score (nSPS) is 10.5. The van der Waals surface area contributed by atoms with Gasteiger partial charge in [-0.2, -0.15) is 5.26 Å². The first kappa shape index (κ1) is 15.9. The quantitative estimate of drug-likeness (QED) is 0.503. The lowest BCUT2D eigenvalue weighted by molar-refractivity contribution is 0.397. The molecule has 0 saturated carbocycles. The second-order valence-corrected chi connectivity index (χ2v) is 5.94. The summed E-state index contributed by atoms with van der Waals surface area (Å²) in [5.41, 5.74) is 6.28. The molecule has 124 valence electrons. The van der Waals surface area contributed by atoms with E-state index >= 15 is 0 Å². The third-order valence-corrected chi connectivity index (χ3v) is 4.44. The molecule has 0 radical (unpaired) electrons. The number of benzene rings is 1. The maximum absolute atomic E-state index is 9.74. The molecule has 1 aromatic heterocycles. The van der Waals surface area contributed by atoms with Gasteiger partial charge in [0, 0.05) is 11.1 Å². The van der Waals surface area contributed by atoms with Gasteiger partial charge in [0.25, 0.3) is 0 Å². The van der Waals surface area contributed by atoms with Crippen LogP contribution in [0.2, 0.25) is 0 Å². The molecular formula is C23H16N2O. The van der Waals surface area contributed by atoms with Crippen molar-refractivity contribution in [1.29, 1.82) is 5.26 Å². The summed E-state index contributed by atoms with van der Waals surface area (Å²) in [6, 6.07) is 28.4. The first-order valence-electron chi connectivity index (χ1n) is 8.34. The van der Waals surface area contributed by atoms with Crippen molar-refractivity contribution in [1.82, 2.24) is 4.98 Å². The van der Waals surface area contributed by atoms with E-state index in [-0.39, 0.29) is 0 Å². The van der Waals surface area contributed by atoms with Gasteiger partial charge in [0.2, 0.25) is 5.88 Å². The summed E-state index contributed by atoms with van der Waals surface area (Å²) in [6.07, 6.45) is 0. The van der Waals surface area contributed by atoms with E-state index in [2.05, 4.69) is 35.3 Å². The maximum Gasteiger partial charge on any atom is 0.232 e. The topological polar surface area (TPSA) is 45.9 Å². The number of hydrogen-bond donors (Lipinski definition) is 0. The molecule has 1 aromatic carbocycles. The fourth-order valence-electron chi connectivity index (χ4n) is 3.20. The van der Waals surface area contributed by atoms with E-state index in [1.54, 1.807) is 7.11 Å². The van der Waals surface area contributed by atoms with Crippen molar-refractivity contribution < 1.29 is 4.74 Å². The minimum atomic E-state index is 0.346. The van der Waals surface area contributed by atoms with Crippen LogP contribution >= 0.6 is 0 Å². The van der Waals surface area contributed by atoms with Gasteiger partial charge in [-0.1, -0.05) is 72.8 Å². The predicted molar refractivity (Wildman–Crippen MR) is 103 cm³/mol. The Morgan fingerprint density at radius 3 is 2.15 bits per heavy atom. The van der Waals surface area contributed by atoms with Gasteiger partial charge in [0.05, 0.1) is 12.8 Å². The summed E-state index contributed by atoms with van der Waals surface area (Å²) >= 11 is 0. The summed E-state index contributed by atoms with van der Waals surface area (Å²) in [6.45, 7) is 0. The maximum atomic E-state index is 9.74. The molecule has 0 N–H and O–H groups in total. The molecule has 0 spiro atoms. The highest BCUT2D eigenvalue weighted by molar-refractivity contribution is 5.90. The zero-order valence-corrected chi connectivity index (χ0v) is 14.3. The lowest BCUT2D eigenvalue weighted by Crippen LogP contribution is -1.97. The smallest absolute Gasteiger partial charge is 0.232 e. The first-order chi connectivity index (χ1) is 12.8. The zero-order valence-electron chi connectivity index (χ0n) is 14.3. The number of hydrogen-bond acceptors (Lipinski definition) is 3. The van der Waals surface area contributed by atoms with E-state index in [1.165, 1.54) is 0 Å². The summed E-state index contributed by atoms with van der Waals surface area (Å²) < 4.78 is 5.43. The monoisotopic (exact) mass is 336 g/mol. The number of methoxy groups -OCH3 is 1. The summed E-state index contributed by atoms with van der Waals surface area (Å²) in [5.74, 6) is 0.346. The molecule has 3 heteroatoms. The van der Waals surface area contributed by atoms with E-state index in [9.17, 15) is 5.26 Å². The molecule has 2 aromatic rings. The minimum Gasteiger partial charge on any atom is -0.480 e. The average Bonchev–Trinajstić information content (AvgIpc) is 2.95. The van der Waals surface area contributed by atoms with Crippen molar-refractivity contribution in [3.05, 3.63) is 84.4 Å². The molecule has 2 aliphatic carbocycles. The van der Waals surface area contributed by atoms with Crippen LogP contribution in [0.15, 0.2) is 78.9 Å². The number of nitrogens with zero attached hydrogens (tertiary/aromatic N) is 2. The van der Waals surface area contributed by atoms with Gasteiger partial charge in [-0.05, 0) is 22.8 Å². The zero-order chi connectivity index (χ0) is 17.9. The number of fused-ring (bicyclic) bond motifs is 1. The predicted octanol–water partition coefficient (Wildman–Crippen LogP) is 5.40. The van der Waals surface area contributed by atoms with Crippen LogP contribution in [0, 0.1) is 11.3 Å². The van der Waals surface area contributed by atoms with Gasteiger partial charge in [0.15, 0.2) is 0 Å². The van der Waals surface area contributed by atoms with Crippen LogP contribution in [0.25, 0.3) is 33.5 Å². The average molecular weight is 336 g/mol. The van der Waals surface area contributed by atoms with Crippen LogP contribution in [0.5, 0.6) is 5.88 Å². The van der Waals surface area contributed by atoms with Crippen molar-refractivity contribution in [2.45, 2.75) is 0 Å². The molecule has 1 heterocycles. The number of aromatic nitrogens is 1. The highest BCUT2D eigenvalue weighted by Crippen LogP contribution is 2.40. The molecule has 0 unspecified atom stereocenters. The van der Waals surface area contributed by atoms with Gasteiger partial charge in [0.1, 0.15) is 11.6 Å². The summed E-state index contributed by atoms with van der Waals surface area (Å²) in [4.78, 5) is 4.55. The number of ether oxygens (including phenoxy) is 1. The van der Waals surface area contributed by atoms with Crippen molar-refractivity contribution in [2.75, 3.05) is 7.11 Å². The fourth-order valence-corrected chi connectivity index (χ4v) is 3.20. The summed E-state index contributed by atoms with van der Waals surface area (Å²) in [5, 5.41) is 9.74. The molecule has 0 amide bonds. The van der Waals surface area contributed by atoms with E-state index in [1.807, 2.05) is 54.6 Å². The molecule has 0 atom stereocenters. The van der Waals surface area contributed by atoms with E-state index in [4.69, 9.17) is 4.74 Å². The molecular weight excluding hydrogens is 320 g/mol. The summed E-state index contributed by atoms with van der Waals surface area (Å²) in [7, 11) is 1.55. The van der Waals surface area contributed by atoms with Crippen LogP contribution in [0.3, 0.4) is 0 Å². The largest absolute Gasteiger partial charge is 0.480 e. The van der Waals surface area contributed by atoms with Crippen molar-refractivity contribution in [3.63, 3.8) is 0 Å². The standard InChI is InChI=1S/C23H16N2O/c1-26-23-21(15-24)20(14-22(25-23)17-9-5-2-6-10-17)19-13-12-16-8-4-3-7-11-18(16)19/h2-14H,1H3. The lowest BCUT2D eigenvalue weighted by atomic mass is 9.97. The Morgan fingerprint density at radius 2 is 1.46 bits per heavy atom. The molecule has 0 fully saturated rings. The van der Waals surface area contributed by atoms with Crippen molar-refractivity contribution in [3.8, 4) is 45.5 Å². The van der Waals surface area contributed by atoms with Crippen molar-refractivity contribution >= 4 is 0 Å². The number of rotatable bonds is 3. The van der Waals surface area contributed by atoms with Crippen LogP contribution in [0.4, 0.5) is 0 Å². The van der Waals surface area contributed by atoms with E-state index in [0.29, 0.717) is 11.4 Å². The second-order valence-electron chi connectivity index (χ2n) is 5.94. The first-order valence-corrected chi connectivity index (χ1v) is 8.34. The second kappa shape index (κ2) is 6.70. The Kier molecular flexibility index (Phi) is 4.09. The Labute approximate surface area is 152 Å². The third-order valence-electron chi connectivity index (χ3n) is 4.44. The Balaban J connectivity index is 2.00. The van der Waals surface area contributed by atoms with Crippen LogP contribution in [0.1, 0.15) is 5.56 Å². The van der Waals surface area contributed by atoms with Gasteiger partial charge >= 0.3 is 0 Å². The fraction of sp³-hybridized carbons (Fsp3) is 0.0435. The highest BCUT2D eigenvalue weighted by atomic mass is 16.5. The molecule has 4 rings (SSSR count). The molecule has 26 heavy (non-hydrogen) atoms. The Morgan fingerprint density at radius 1 is 0.769 bits per heavy atom. The number of nitriles is 1. The molecule has 0 aliphatic heterocycles. The molecule has 2 aliphatic rings. The van der Waals surface area contributed by atoms with E-state index in [0.717, 1.165) is 33.5 Å². The highest BCUT2D eigenvalue weighted by Gasteiger charge is 2.19. The van der Waals surface area contributed by atoms with E-state index < -0.39 is 0 Å². The Hall–Kier alpha value is -3.64. The SMILES string of the molecule is COc1nc(-c2ccccc2)cc(-c2ccc3cccccc2-3)c1C#N. The Bertz CT molecular complexity index is 1080. The van der Waals surface area contributed by atoms with Gasteiger partial charge < -0.3 is 4.74 Å². The minimum absolute atomic E-state index is 0.346. The lowest BCUT2D eigenvalue weighted by Gasteiger charge is -2.12. The van der Waals surface area contributed by atoms with Gasteiger partial charge in [-0.15, -0.1) is 0 Å². The van der Waals surface area contributed by atoms with Crippen LogP contribution in [-0.4, -0.2) is 12.1 Å².